The average Bonchev–Trinajstić information content (AvgIpc) is 3.01. The maximum atomic E-state index is 14.0. The van der Waals surface area contributed by atoms with Crippen LogP contribution >= 0.6 is 0 Å². The number of fused-ring (bicyclic) bond motifs is 1. The molecule has 0 aromatic heterocycles. The third-order valence-electron chi connectivity index (χ3n) is 8.18. The van der Waals surface area contributed by atoms with Crippen LogP contribution in [-0.2, 0) is 22.4 Å². The Balaban J connectivity index is 1.51. The Morgan fingerprint density at radius 3 is 1.53 bits per heavy atom. The minimum atomic E-state index is -1.56. The number of hydrogen-bond acceptors (Lipinski definition) is 9. The summed E-state index contributed by atoms with van der Waals surface area (Å²) in [5.74, 6) is -6.52. The van der Waals surface area contributed by atoms with Crippen LogP contribution in [0.2, 0.25) is 0 Å². The van der Waals surface area contributed by atoms with Gasteiger partial charge in [-0.05, 0) is 89.2 Å². The molecule has 0 saturated heterocycles. The molecular weight excluding hydrogens is 580 g/mol. The van der Waals surface area contributed by atoms with Gasteiger partial charge in [-0.1, -0.05) is 30.3 Å². The van der Waals surface area contributed by atoms with E-state index in [-0.39, 0.29) is 35.7 Å². The number of amides is 2. The summed E-state index contributed by atoms with van der Waals surface area (Å²) in [4.78, 5) is 27.9. The van der Waals surface area contributed by atoms with E-state index in [1.165, 1.54) is 48.5 Å². The number of phenolic OH excluding ortho intramolecular Hbond substituents is 6. The molecule has 4 aromatic rings. The van der Waals surface area contributed by atoms with Crippen molar-refractivity contribution in [3.8, 4) is 34.5 Å². The van der Waals surface area contributed by atoms with Crippen LogP contribution in [0.5, 0.6) is 34.5 Å². The molecule has 0 fully saturated rings. The van der Waals surface area contributed by atoms with Gasteiger partial charge in [-0.15, -0.1) is 0 Å². The Labute approximate surface area is 258 Å². The van der Waals surface area contributed by atoms with Crippen LogP contribution < -0.4 is 10.6 Å². The SMILES string of the molecule is O=C(NCCc1ccc(O)cc1)C1C(O)c2cc(O)c(O)cc2C(c2ccc(O)c(O)c2)C1C(=O)NCCc1ccc(O)cc1. The molecule has 0 saturated carbocycles. The largest absolute Gasteiger partial charge is 0.508 e. The molecule has 45 heavy (non-hydrogen) atoms. The van der Waals surface area contributed by atoms with Crippen molar-refractivity contribution in [3.63, 3.8) is 0 Å². The Bertz CT molecular complexity index is 1690. The molecule has 4 unspecified atom stereocenters. The van der Waals surface area contributed by atoms with Crippen molar-refractivity contribution < 1.29 is 45.3 Å². The van der Waals surface area contributed by atoms with Gasteiger partial charge in [0.1, 0.15) is 11.5 Å². The smallest absolute Gasteiger partial charge is 0.226 e. The van der Waals surface area contributed by atoms with Crippen LogP contribution in [0, 0.1) is 11.8 Å². The number of aliphatic hydroxyl groups is 1. The molecule has 234 valence electrons. The van der Waals surface area contributed by atoms with Crippen molar-refractivity contribution in [3.05, 3.63) is 107 Å². The molecule has 4 aromatic carbocycles. The van der Waals surface area contributed by atoms with Gasteiger partial charge in [-0.3, -0.25) is 9.59 Å². The van der Waals surface area contributed by atoms with Gasteiger partial charge < -0.3 is 46.4 Å². The lowest BCUT2D eigenvalue weighted by molar-refractivity contribution is -0.141. The highest BCUT2D eigenvalue weighted by Gasteiger charge is 2.50. The number of benzene rings is 4. The number of carbonyl (C=O) groups excluding carboxylic acids is 2. The van der Waals surface area contributed by atoms with E-state index in [0.717, 1.165) is 17.2 Å². The number of phenols is 6. The average molecular weight is 615 g/mol. The molecule has 5 rings (SSSR count). The Kier molecular flexibility index (Phi) is 9.01. The second kappa shape index (κ2) is 13.1. The third kappa shape index (κ3) is 6.73. The molecular formula is C34H34N2O9. The van der Waals surface area contributed by atoms with Crippen molar-refractivity contribution >= 4 is 11.8 Å². The second-order valence-corrected chi connectivity index (χ2v) is 11.1. The zero-order valence-electron chi connectivity index (χ0n) is 24.1. The van der Waals surface area contributed by atoms with E-state index in [9.17, 15) is 45.3 Å². The normalized spacial score (nSPS) is 19.0. The van der Waals surface area contributed by atoms with Crippen LogP contribution in [0.1, 0.15) is 39.8 Å². The molecule has 0 spiro atoms. The topological polar surface area (TPSA) is 200 Å². The van der Waals surface area contributed by atoms with Crippen molar-refractivity contribution in [1.82, 2.24) is 10.6 Å². The first-order chi connectivity index (χ1) is 21.5. The first kappa shape index (κ1) is 31.0. The fraction of sp³-hybridized carbons (Fsp3) is 0.235. The van der Waals surface area contributed by atoms with E-state index in [4.69, 9.17) is 0 Å². The minimum absolute atomic E-state index is 0.103. The number of carbonyl (C=O) groups is 2. The summed E-state index contributed by atoms with van der Waals surface area (Å²) in [5.41, 5.74) is 2.38. The standard InChI is InChI=1S/C34H34N2O9/c37-21-6-1-18(2-7-21)11-13-35-33(44)30-29(20-5-10-25(39)26(40)15-20)23-16-27(41)28(42)17-24(23)32(43)31(30)34(45)36-14-12-19-3-8-22(38)9-4-19/h1-10,15-17,29-32,37-43H,11-14H2,(H,35,44)(H,36,45). The van der Waals surface area contributed by atoms with Gasteiger partial charge in [0.2, 0.25) is 11.8 Å². The van der Waals surface area contributed by atoms with Crippen LogP contribution in [-0.4, -0.2) is 60.6 Å². The van der Waals surface area contributed by atoms with Gasteiger partial charge in [0.05, 0.1) is 17.9 Å². The highest BCUT2D eigenvalue weighted by atomic mass is 16.3. The summed E-state index contributed by atoms with van der Waals surface area (Å²) >= 11 is 0. The lowest BCUT2D eigenvalue weighted by atomic mass is 9.64. The van der Waals surface area contributed by atoms with Gasteiger partial charge in [-0.25, -0.2) is 0 Å². The van der Waals surface area contributed by atoms with Gasteiger partial charge in [0.15, 0.2) is 23.0 Å². The molecule has 11 heteroatoms. The number of rotatable bonds is 9. The number of hydrogen-bond donors (Lipinski definition) is 9. The zero-order valence-corrected chi connectivity index (χ0v) is 24.1. The summed E-state index contributed by atoms with van der Waals surface area (Å²) in [5, 5.41) is 77.4. The summed E-state index contributed by atoms with van der Waals surface area (Å²) in [6, 6.07) is 19.3. The van der Waals surface area contributed by atoms with E-state index >= 15 is 0 Å². The number of aliphatic hydroxyl groups excluding tert-OH is 1. The lowest BCUT2D eigenvalue weighted by Crippen LogP contribution is -2.50. The quantitative estimate of drug-likeness (QED) is 0.127. The van der Waals surface area contributed by atoms with Gasteiger partial charge in [-0.2, -0.15) is 0 Å². The molecule has 11 nitrogen and oxygen atoms in total. The summed E-state index contributed by atoms with van der Waals surface area (Å²) in [7, 11) is 0. The van der Waals surface area contributed by atoms with Crippen molar-refractivity contribution in [2.75, 3.05) is 13.1 Å². The predicted octanol–water partition coefficient (Wildman–Crippen LogP) is 3.05. The summed E-state index contributed by atoms with van der Waals surface area (Å²) in [6.45, 7) is 0.312. The van der Waals surface area contributed by atoms with Crippen molar-refractivity contribution in [1.29, 1.82) is 0 Å². The van der Waals surface area contributed by atoms with Crippen LogP contribution in [0.3, 0.4) is 0 Å². The predicted molar refractivity (Wildman–Crippen MR) is 163 cm³/mol. The van der Waals surface area contributed by atoms with Gasteiger partial charge >= 0.3 is 0 Å². The maximum Gasteiger partial charge on any atom is 0.226 e. The lowest BCUT2D eigenvalue weighted by Gasteiger charge is -2.41. The highest BCUT2D eigenvalue weighted by Crippen LogP contribution is 2.51. The maximum absolute atomic E-state index is 14.0. The number of nitrogens with one attached hydrogen (secondary N) is 2. The molecule has 1 aliphatic rings. The monoisotopic (exact) mass is 614 g/mol. The first-order valence-corrected chi connectivity index (χ1v) is 14.4. The van der Waals surface area contributed by atoms with Crippen molar-refractivity contribution in [2.45, 2.75) is 24.9 Å². The van der Waals surface area contributed by atoms with Crippen LogP contribution in [0.15, 0.2) is 78.9 Å². The summed E-state index contributed by atoms with van der Waals surface area (Å²) < 4.78 is 0. The Morgan fingerprint density at radius 2 is 1.02 bits per heavy atom. The van der Waals surface area contributed by atoms with Crippen LogP contribution in [0.4, 0.5) is 0 Å². The van der Waals surface area contributed by atoms with E-state index in [1.807, 2.05) is 0 Å². The summed E-state index contributed by atoms with van der Waals surface area (Å²) in [6.07, 6.45) is -0.755. The third-order valence-corrected chi connectivity index (χ3v) is 8.18. The fourth-order valence-electron chi connectivity index (χ4n) is 5.89. The molecule has 4 atom stereocenters. The van der Waals surface area contributed by atoms with E-state index in [0.29, 0.717) is 18.4 Å². The number of aromatic hydroxyl groups is 6. The second-order valence-electron chi connectivity index (χ2n) is 11.1. The van der Waals surface area contributed by atoms with E-state index < -0.39 is 58.7 Å². The molecule has 1 aliphatic carbocycles. The molecule has 0 bridgehead atoms. The van der Waals surface area contributed by atoms with Gasteiger partial charge in [0.25, 0.3) is 0 Å². The minimum Gasteiger partial charge on any atom is -0.508 e. The molecule has 9 N–H and O–H groups in total. The van der Waals surface area contributed by atoms with Gasteiger partial charge in [0, 0.05) is 19.0 Å². The Morgan fingerprint density at radius 1 is 0.556 bits per heavy atom. The van der Waals surface area contributed by atoms with E-state index in [1.54, 1.807) is 24.3 Å². The van der Waals surface area contributed by atoms with Crippen LogP contribution in [0.25, 0.3) is 0 Å². The van der Waals surface area contributed by atoms with Crippen molar-refractivity contribution in [2.24, 2.45) is 11.8 Å². The Hall–Kier alpha value is -5.42. The molecule has 0 aliphatic heterocycles. The first-order valence-electron chi connectivity index (χ1n) is 14.4. The van der Waals surface area contributed by atoms with E-state index in [2.05, 4.69) is 10.6 Å². The molecule has 2 amide bonds. The highest BCUT2D eigenvalue weighted by molar-refractivity contribution is 5.90. The fourth-order valence-corrected chi connectivity index (χ4v) is 5.89. The molecule has 0 radical (unpaired) electrons. The molecule has 0 heterocycles. The zero-order chi connectivity index (χ0) is 32.2.